The highest BCUT2D eigenvalue weighted by atomic mass is 79.9. The lowest BCUT2D eigenvalue weighted by Crippen LogP contribution is -2.55. The minimum Gasteiger partial charge on any atom is -0.480 e. The van der Waals surface area contributed by atoms with Crippen LogP contribution in [0.2, 0.25) is 0 Å². The summed E-state index contributed by atoms with van der Waals surface area (Å²) in [5.74, 6) is -1.31. The van der Waals surface area contributed by atoms with E-state index in [9.17, 15) is 14.7 Å². The van der Waals surface area contributed by atoms with Crippen LogP contribution in [0.4, 0.5) is 0 Å². The highest BCUT2D eigenvalue weighted by Gasteiger charge is 2.41. The molecule has 0 bridgehead atoms. The number of H-pyrrole nitrogens is 1. The molecule has 3 N–H and O–H groups in total. The summed E-state index contributed by atoms with van der Waals surface area (Å²) in [7, 11) is 0. The van der Waals surface area contributed by atoms with Crippen LogP contribution in [0.15, 0.2) is 16.7 Å². The minimum absolute atomic E-state index is 0.369. The molecule has 1 aliphatic carbocycles. The second kappa shape index (κ2) is 5.14. The fourth-order valence-corrected chi connectivity index (χ4v) is 2.67. The van der Waals surface area contributed by atoms with Crippen molar-refractivity contribution in [1.82, 2.24) is 10.3 Å². The summed E-state index contributed by atoms with van der Waals surface area (Å²) in [5.41, 5.74) is -0.736. The Morgan fingerprint density at radius 1 is 1.33 bits per heavy atom. The molecule has 1 aliphatic rings. The number of aromatic nitrogens is 1. The summed E-state index contributed by atoms with van der Waals surface area (Å²) in [5, 5.41) is 12.0. The standard InChI is InChI=1S/C12H15BrN2O3/c13-8-6-9(14-7-8)10(16)15-12(11(17)18)4-2-1-3-5-12/h6-7,14H,1-5H2,(H,15,16)(H,17,18). The van der Waals surface area contributed by atoms with E-state index in [1.54, 1.807) is 12.3 Å². The van der Waals surface area contributed by atoms with Crippen LogP contribution < -0.4 is 5.32 Å². The van der Waals surface area contributed by atoms with Crippen molar-refractivity contribution in [3.8, 4) is 0 Å². The monoisotopic (exact) mass is 314 g/mol. The first-order chi connectivity index (χ1) is 8.53. The Kier molecular flexibility index (Phi) is 3.75. The van der Waals surface area contributed by atoms with Gasteiger partial charge in [0.15, 0.2) is 0 Å². The molecule has 1 saturated carbocycles. The first kappa shape index (κ1) is 13.1. The SMILES string of the molecule is O=C(NC1(C(=O)O)CCCCC1)c1cc(Br)c[nH]1. The zero-order chi connectivity index (χ0) is 13.2. The summed E-state index contributed by atoms with van der Waals surface area (Å²) >= 11 is 3.24. The maximum Gasteiger partial charge on any atom is 0.329 e. The molecule has 6 heteroatoms. The van der Waals surface area contributed by atoms with Crippen LogP contribution in [-0.4, -0.2) is 27.5 Å². The van der Waals surface area contributed by atoms with Crippen LogP contribution in [0.3, 0.4) is 0 Å². The molecule has 0 unspecified atom stereocenters. The molecular weight excluding hydrogens is 300 g/mol. The topological polar surface area (TPSA) is 82.2 Å². The Bertz CT molecular complexity index is 464. The first-order valence-corrected chi connectivity index (χ1v) is 6.73. The molecule has 98 valence electrons. The summed E-state index contributed by atoms with van der Waals surface area (Å²) in [6, 6.07) is 1.63. The normalized spacial score (nSPS) is 18.3. The average Bonchev–Trinajstić information content (AvgIpc) is 2.77. The Labute approximate surface area is 113 Å². The molecule has 1 fully saturated rings. The predicted molar refractivity (Wildman–Crippen MR) is 69.4 cm³/mol. The molecule has 0 aliphatic heterocycles. The van der Waals surface area contributed by atoms with Gasteiger partial charge in [-0.3, -0.25) is 4.79 Å². The van der Waals surface area contributed by atoms with E-state index in [-0.39, 0.29) is 5.91 Å². The molecule has 5 nitrogen and oxygen atoms in total. The number of nitrogens with one attached hydrogen (secondary N) is 2. The van der Waals surface area contributed by atoms with E-state index in [0.717, 1.165) is 23.7 Å². The van der Waals surface area contributed by atoms with Gasteiger partial charge in [0, 0.05) is 10.7 Å². The van der Waals surface area contributed by atoms with E-state index in [4.69, 9.17) is 0 Å². The predicted octanol–water partition coefficient (Wildman–Crippen LogP) is 2.29. The fourth-order valence-electron chi connectivity index (χ4n) is 2.33. The van der Waals surface area contributed by atoms with Crippen LogP contribution in [0.1, 0.15) is 42.6 Å². The van der Waals surface area contributed by atoms with Crippen molar-refractivity contribution in [2.45, 2.75) is 37.6 Å². The van der Waals surface area contributed by atoms with E-state index >= 15 is 0 Å². The van der Waals surface area contributed by atoms with Gasteiger partial charge in [0.2, 0.25) is 0 Å². The number of carboxylic acid groups (broad SMARTS) is 1. The van der Waals surface area contributed by atoms with Crippen LogP contribution in [0.25, 0.3) is 0 Å². The van der Waals surface area contributed by atoms with Crippen molar-refractivity contribution in [1.29, 1.82) is 0 Å². The number of aliphatic carboxylic acids is 1. The smallest absolute Gasteiger partial charge is 0.329 e. The van der Waals surface area contributed by atoms with Gasteiger partial charge in [0.25, 0.3) is 5.91 Å². The molecule has 2 rings (SSSR count). The molecule has 0 spiro atoms. The van der Waals surface area contributed by atoms with Crippen LogP contribution in [-0.2, 0) is 4.79 Å². The van der Waals surface area contributed by atoms with Gasteiger partial charge in [-0.05, 0) is 34.8 Å². The van der Waals surface area contributed by atoms with Gasteiger partial charge in [-0.25, -0.2) is 4.79 Å². The van der Waals surface area contributed by atoms with Gasteiger partial charge < -0.3 is 15.4 Å². The number of carbonyl (C=O) groups excluding carboxylic acids is 1. The van der Waals surface area contributed by atoms with E-state index < -0.39 is 11.5 Å². The molecule has 1 aromatic heterocycles. The van der Waals surface area contributed by atoms with Crippen LogP contribution in [0, 0.1) is 0 Å². The average molecular weight is 315 g/mol. The minimum atomic E-state index is -1.10. The zero-order valence-electron chi connectivity index (χ0n) is 9.83. The molecule has 0 saturated heterocycles. The lowest BCUT2D eigenvalue weighted by molar-refractivity contribution is -0.145. The quantitative estimate of drug-likeness (QED) is 0.800. The summed E-state index contributed by atoms with van der Waals surface area (Å²) < 4.78 is 0.765. The number of carboxylic acids is 1. The highest BCUT2D eigenvalue weighted by Crippen LogP contribution is 2.29. The van der Waals surface area contributed by atoms with Gasteiger partial charge in [-0.15, -0.1) is 0 Å². The fraction of sp³-hybridized carbons (Fsp3) is 0.500. The second-order valence-corrected chi connectivity index (χ2v) is 5.55. The molecule has 1 amide bonds. The van der Waals surface area contributed by atoms with Crippen LogP contribution >= 0.6 is 15.9 Å². The van der Waals surface area contributed by atoms with Crippen molar-refractivity contribution in [2.24, 2.45) is 0 Å². The molecule has 1 heterocycles. The third kappa shape index (κ3) is 2.58. The van der Waals surface area contributed by atoms with Crippen LogP contribution in [0.5, 0.6) is 0 Å². The van der Waals surface area contributed by atoms with E-state index in [2.05, 4.69) is 26.2 Å². The second-order valence-electron chi connectivity index (χ2n) is 4.63. The summed E-state index contributed by atoms with van der Waals surface area (Å²) in [4.78, 5) is 26.2. The number of carbonyl (C=O) groups is 2. The number of rotatable bonds is 3. The number of hydrogen-bond donors (Lipinski definition) is 3. The number of halogens is 1. The molecule has 18 heavy (non-hydrogen) atoms. The number of amides is 1. The molecule has 1 aromatic rings. The molecule has 0 radical (unpaired) electrons. The molecule has 0 atom stereocenters. The van der Waals surface area contributed by atoms with Crippen molar-refractivity contribution in [3.05, 3.63) is 22.4 Å². The van der Waals surface area contributed by atoms with Crippen molar-refractivity contribution in [3.63, 3.8) is 0 Å². The largest absolute Gasteiger partial charge is 0.480 e. The Morgan fingerprint density at radius 2 is 2.00 bits per heavy atom. The summed E-state index contributed by atoms with van der Waals surface area (Å²) in [6.45, 7) is 0. The van der Waals surface area contributed by atoms with E-state index in [1.807, 2.05) is 0 Å². The number of aromatic amines is 1. The zero-order valence-corrected chi connectivity index (χ0v) is 11.4. The van der Waals surface area contributed by atoms with Crippen molar-refractivity contribution < 1.29 is 14.7 Å². The highest BCUT2D eigenvalue weighted by molar-refractivity contribution is 9.10. The van der Waals surface area contributed by atoms with Gasteiger partial charge in [0.1, 0.15) is 11.2 Å². The Balaban J connectivity index is 2.14. The van der Waals surface area contributed by atoms with Gasteiger partial charge >= 0.3 is 5.97 Å². The molecule has 0 aromatic carbocycles. The Morgan fingerprint density at radius 3 is 2.50 bits per heavy atom. The Hall–Kier alpha value is -1.30. The van der Waals surface area contributed by atoms with Crippen molar-refractivity contribution >= 4 is 27.8 Å². The third-order valence-electron chi connectivity index (χ3n) is 3.36. The lowest BCUT2D eigenvalue weighted by Gasteiger charge is -2.33. The first-order valence-electron chi connectivity index (χ1n) is 5.93. The van der Waals surface area contributed by atoms with E-state index in [1.165, 1.54) is 0 Å². The van der Waals surface area contributed by atoms with Gasteiger partial charge in [0.05, 0.1) is 0 Å². The van der Waals surface area contributed by atoms with E-state index in [0.29, 0.717) is 18.5 Å². The van der Waals surface area contributed by atoms with Gasteiger partial charge in [-0.1, -0.05) is 19.3 Å². The number of hydrogen-bond acceptors (Lipinski definition) is 2. The maximum atomic E-state index is 12.0. The lowest BCUT2D eigenvalue weighted by atomic mass is 9.81. The summed E-state index contributed by atoms with van der Waals surface area (Å²) in [6.07, 6.45) is 5.33. The third-order valence-corrected chi connectivity index (χ3v) is 3.82. The van der Waals surface area contributed by atoms with Gasteiger partial charge in [-0.2, -0.15) is 0 Å². The van der Waals surface area contributed by atoms with Crippen molar-refractivity contribution in [2.75, 3.05) is 0 Å². The maximum absolute atomic E-state index is 12.0. The molecular formula is C12H15BrN2O3.